The minimum absolute atomic E-state index is 0.148. The molecule has 0 saturated heterocycles. The fourth-order valence-electron chi connectivity index (χ4n) is 1.93. The largest absolute Gasteiger partial charge is 0.497 e. The molecule has 2 rings (SSSR count). The molecule has 0 radical (unpaired) electrons. The molecule has 1 N–H and O–H groups in total. The maximum atomic E-state index is 12.1. The highest BCUT2D eigenvalue weighted by molar-refractivity contribution is 8.00. The van der Waals surface area contributed by atoms with Crippen LogP contribution in [0, 0.1) is 13.8 Å². The van der Waals surface area contributed by atoms with Gasteiger partial charge in [-0.25, -0.2) is 0 Å². The normalized spacial score (nSPS) is 10.5. The summed E-state index contributed by atoms with van der Waals surface area (Å²) in [5.74, 6) is 1.39. The number of carbonyl (C=O) groups excluding carboxylic acids is 1. The van der Waals surface area contributed by atoms with Crippen molar-refractivity contribution in [3.63, 3.8) is 0 Å². The van der Waals surface area contributed by atoms with Gasteiger partial charge < -0.3 is 9.72 Å². The van der Waals surface area contributed by atoms with Crippen molar-refractivity contribution >= 4 is 17.5 Å². The summed E-state index contributed by atoms with van der Waals surface area (Å²) >= 11 is 1.53. The molecule has 0 fully saturated rings. The smallest absolute Gasteiger partial charge is 0.174 e. The van der Waals surface area contributed by atoms with Crippen LogP contribution < -0.4 is 4.74 Å². The molecule has 4 heteroatoms. The van der Waals surface area contributed by atoms with Gasteiger partial charge in [0.05, 0.1) is 12.9 Å². The number of ketones is 1. The summed E-state index contributed by atoms with van der Waals surface area (Å²) in [7, 11) is 1.64. The second kappa shape index (κ2) is 5.97. The number of aryl methyl sites for hydroxylation is 2. The van der Waals surface area contributed by atoms with E-state index in [9.17, 15) is 4.79 Å². The molecule has 1 aromatic carbocycles. The van der Waals surface area contributed by atoms with Gasteiger partial charge in [0.1, 0.15) is 5.75 Å². The molecule has 0 aliphatic carbocycles. The third-order valence-corrected chi connectivity index (χ3v) is 3.85. The molecule has 0 bridgehead atoms. The second-order valence-electron chi connectivity index (χ2n) is 4.38. The molecule has 0 unspecified atom stereocenters. The predicted octanol–water partition coefficient (Wildman–Crippen LogP) is 3.62. The first-order valence-corrected chi connectivity index (χ1v) is 7.05. The molecule has 0 aliphatic rings. The summed E-state index contributed by atoms with van der Waals surface area (Å²) in [5, 5.41) is 0. The predicted molar refractivity (Wildman–Crippen MR) is 78.3 cm³/mol. The van der Waals surface area contributed by atoms with Gasteiger partial charge in [-0.15, -0.1) is 11.8 Å². The Kier molecular flexibility index (Phi) is 4.32. The average molecular weight is 275 g/mol. The first kappa shape index (κ1) is 13.7. The molecule has 0 atom stereocenters. The minimum atomic E-state index is 0.148. The van der Waals surface area contributed by atoms with Crippen LogP contribution in [0.25, 0.3) is 0 Å². The van der Waals surface area contributed by atoms with Crippen LogP contribution in [0.4, 0.5) is 0 Å². The van der Waals surface area contributed by atoms with Crippen LogP contribution in [-0.4, -0.2) is 23.6 Å². The molecule has 3 nitrogen and oxygen atoms in total. The van der Waals surface area contributed by atoms with Crippen LogP contribution in [-0.2, 0) is 0 Å². The number of H-pyrrole nitrogens is 1. The number of hydrogen-bond donors (Lipinski definition) is 1. The third-order valence-electron chi connectivity index (χ3n) is 2.86. The van der Waals surface area contributed by atoms with Gasteiger partial charge in [-0.05, 0) is 38.1 Å². The van der Waals surface area contributed by atoms with Crippen molar-refractivity contribution in [3.8, 4) is 5.75 Å². The van der Waals surface area contributed by atoms with E-state index in [1.54, 1.807) is 7.11 Å². The lowest BCUT2D eigenvalue weighted by molar-refractivity contribution is 0.102. The topological polar surface area (TPSA) is 42.1 Å². The number of hydrogen-bond acceptors (Lipinski definition) is 3. The zero-order valence-electron chi connectivity index (χ0n) is 11.3. The number of nitrogens with one attached hydrogen (secondary N) is 1. The maximum absolute atomic E-state index is 12.1. The van der Waals surface area contributed by atoms with Gasteiger partial charge in [-0.3, -0.25) is 4.79 Å². The van der Waals surface area contributed by atoms with E-state index in [4.69, 9.17) is 4.74 Å². The second-order valence-corrected chi connectivity index (χ2v) is 5.43. The maximum Gasteiger partial charge on any atom is 0.174 e. The van der Waals surface area contributed by atoms with Crippen LogP contribution in [0.15, 0.2) is 35.2 Å². The zero-order chi connectivity index (χ0) is 13.8. The van der Waals surface area contributed by atoms with Crippen LogP contribution in [0.3, 0.4) is 0 Å². The van der Waals surface area contributed by atoms with E-state index < -0.39 is 0 Å². The molecule has 2 aromatic rings. The van der Waals surface area contributed by atoms with Gasteiger partial charge in [-0.1, -0.05) is 6.07 Å². The van der Waals surface area contributed by atoms with E-state index in [2.05, 4.69) is 4.98 Å². The Labute approximate surface area is 117 Å². The number of carbonyl (C=O) groups is 1. The van der Waals surface area contributed by atoms with Crippen molar-refractivity contribution in [1.82, 2.24) is 4.98 Å². The van der Waals surface area contributed by atoms with E-state index in [1.165, 1.54) is 11.8 Å². The number of aromatic nitrogens is 1. The van der Waals surface area contributed by atoms with Gasteiger partial charge in [0, 0.05) is 21.8 Å². The summed E-state index contributed by atoms with van der Waals surface area (Å²) in [6.07, 6.45) is 0. The van der Waals surface area contributed by atoms with Crippen LogP contribution >= 0.6 is 11.8 Å². The molecule has 0 amide bonds. The van der Waals surface area contributed by atoms with E-state index in [1.807, 2.05) is 44.2 Å². The van der Waals surface area contributed by atoms with Crippen molar-refractivity contribution in [2.24, 2.45) is 0 Å². The highest BCUT2D eigenvalue weighted by Gasteiger charge is 2.12. The first-order chi connectivity index (χ1) is 9.10. The number of rotatable bonds is 5. The van der Waals surface area contributed by atoms with E-state index in [-0.39, 0.29) is 5.78 Å². The number of benzene rings is 1. The monoisotopic (exact) mass is 275 g/mol. The summed E-state index contributed by atoms with van der Waals surface area (Å²) in [6.45, 7) is 3.88. The lowest BCUT2D eigenvalue weighted by Crippen LogP contribution is -2.02. The quantitative estimate of drug-likeness (QED) is 0.669. The van der Waals surface area contributed by atoms with E-state index in [0.717, 1.165) is 27.6 Å². The van der Waals surface area contributed by atoms with E-state index in [0.29, 0.717) is 5.75 Å². The molecule has 0 saturated carbocycles. The van der Waals surface area contributed by atoms with Crippen molar-refractivity contribution in [3.05, 3.63) is 47.3 Å². The van der Waals surface area contributed by atoms with Crippen molar-refractivity contribution in [1.29, 1.82) is 0 Å². The molecular formula is C15H17NO2S. The molecule has 0 aliphatic heterocycles. The molecule has 0 spiro atoms. The zero-order valence-corrected chi connectivity index (χ0v) is 12.1. The number of Topliss-reactive ketones (excluding diaryl/α,β-unsaturated/α-hetero) is 1. The molecule has 1 aromatic heterocycles. The van der Waals surface area contributed by atoms with Gasteiger partial charge >= 0.3 is 0 Å². The molecule has 1 heterocycles. The molecule has 19 heavy (non-hydrogen) atoms. The Morgan fingerprint density at radius 2 is 2.11 bits per heavy atom. The molecule has 100 valence electrons. The fraction of sp³-hybridized carbons (Fsp3) is 0.267. The number of thioether (sulfide) groups is 1. The van der Waals surface area contributed by atoms with Gasteiger partial charge in [0.15, 0.2) is 5.78 Å². The van der Waals surface area contributed by atoms with Gasteiger partial charge in [0.25, 0.3) is 0 Å². The highest BCUT2D eigenvalue weighted by atomic mass is 32.2. The summed E-state index contributed by atoms with van der Waals surface area (Å²) in [6, 6.07) is 9.65. The minimum Gasteiger partial charge on any atom is -0.497 e. The Bertz CT molecular complexity index is 590. The van der Waals surface area contributed by atoms with Crippen molar-refractivity contribution in [2.75, 3.05) is 12.9 Å². The lowest BCUT2D eigenvalue weighted by atomic mass is 10.2. The number of aromatic amines is 1. The third kappa shape index (κ3) is 3.41. The van der Waals surface area contributed by atoms with Crippen molar-refractivity contribution in [2.45, 2.75) is 18.7 Å². The van der Waals surface area contributed by atoms with Crippen molar-refractivity contribution < 1.29 is 9.53 Å². The molecular weight excluding hydrogens is 258 g/mol. The average Bonchev–Trinajstić information content (AvgIpc) is 2.75. The highest BCUT2D eigenvalue weighted by Crippen LogP contribution is 2.24. The lowest BCUT2D eigenvalue weighted by Gasteiger charge is -2.04. The summed E-state index contributed by atoms with van der Waals surface area (Å²) < 4.78 is 5.17. The van der Waals surface area contributed by atoms with Crippen LogP contribution in [0.5, 0.6) is 5.75 Å². The first-order valence-electron chi connectivity index (χ1n) is 6.06. The Morgan fingerprint density at radius 1 is 1.32 bits per heavy atom. The summed E-state index contributed by atoms with van der Waals surface area (Å²) in [5.41, 5.74) is 2.74. The fourth-order valence-corrected chi connectivity index (χ4v) is 2.76. The Morgan fingerprint density at radius 3 is 2.74 bits per heavy atom. The number of methoxy groups -OCH3 is 1. The Hall–Kier alpha value is -1.68. The van der Waals surface area contributed by atoms with Gasteiger partial charge in [-0.2, -0.15) is 0 Å². The number of ether oxygens (including phenoxy) is 1. The van der Waals surface area contributed by atoms with Crippen LogP contribution in [0.2, 0.25) is 0 Å². The van der Waals surface area contributed by atoms with Gasteiger partial charge in [0.2, 0.25) is 0 Å². The Balaban J connectivity index is 2.02. The summed E-state index contributed by atoms with van der Waals surface area (Å²) in [4.78, 5) is 16.3. The van der Waals surface area contributed by atoms with Crippen LogP contribution in [0.1, 0.15) is 21.7 Å². The van der Waals surface area contributed by atoms with E-state index >= 15 is 0 Å². The SMILES string of the molecule is COc1cccc(SCC(=O)c2cc(C)[nH]c2C)c1. The standard InChI is InChI=1S/C15H17NO2S/c1-10-7-14(11(2)16-10)15(17)9-19-13-6-4-5-12(8-13)18-3/h4-8,16H,9H2,1-3H3.